The molecule has 2 aromatic rings. The van der Waals surface area contributed by atoms with Crippen LogP contribution in [0.15, 0.2) is 48.5 Å². The standard InChI is InChI=1S/C38H53N3O4/c1-23(8-15-34(44)40-22-24-9-11-25(12-10-24)36(45)41-32-7-5-4-6-31(32)39)28-13-14-29-35-30(17-19-38(28,29)3)37(2)18-16-27(42)20-26(37)21-33(35)43/h4-7,9-12,23,26-30,33,35,42-43H,8,13-22,39H2,1-3H3,(H,40,44)(H,41,45)/t23-,26+,27-,28-,29+,30+,33+,35+,37+,38-/m1/s1. The van der Waals surface area contributed by atoms with Gasteiger partial charge in [-0.1, -0.05) is 45.0 Å². The van der Waals surface area contributed by atoms with Gasteiger partial charge in [0.05, 0.1) is 23.6 Å². The molecule has 7 heteroatoms. The summed E-state index contributed by atoms with van der Waals surface area (Å²) in [6.07, 6.45) is 9.39. The highest BCUT2D eigenvalue weighted by atomic mass is 16.3. The third kappa shape index (κ3) is 6.15. The summed E-state index contributed by atoms with van der Waals surface area (Å²) in [6, 6.07) is 14.5. The number of aliphatic hydroxyl groups is 2. The maximum atomic E-state index is 12.9. The van der Waals surface area contributed by atoms with Crippen LogP contribution in [0.5, 0.6) is 0 Å². The number of nitrogens with two attached hydrogens (primary N) is 1. The highest BCUT2D eigenvalue weighted by Gasteiger charge is 2.62. The zero-order chi connectivity index (χ0) is 31.9. The van der Waals surface area contributed by atoms with Crippen molar-refractivity contribution in [1.82, 2.24) is 5.32 Å². The Morgan fingerprint density at radius 3 is 2.40 bits per heavy atom. The average Bonchev–Trinajstić information content (AvgIpc) is 3.38. The molecule has 0 aliphatic heterocycles. The van der Waals surface area contributed by atoms with E-state index in [-0.39, 0.29) is 34.9 Å². The van der Waals surface area contributed by atoms with Gasteiger partial charge >= 0.3 is 0 Å². The minimum atomic E-state index is -0.256. The molecule has 0 radical (unpaired) electrons. The Kier molecular flexibility index (Phi) is 9.06. The molecule has 45 heavy (non-hydrogen) atoms. The Labute approximate surface area is 268 Å². The minimum Gasteiger partial charge on any atom is -0.397 e. The lowest BCUT2D eigenvalue weighted by Gasteiger charge is -2.62. The Balaban J connectivity index is 0.994. The molecule has 7 nitrogen and oxygen atoms in total. The molecule has 0 saturated heterocycles. The van der Waals surface area contributed by atoms with Gasteiger partial charge in [0.25, 0.3) is 5.91 Å². The molecule has 2 amide bonds. The van der Waals surface area contributed by atoms with E-state index in [4.69, 9.17) is 5.73 Å². The van der Waals surface area contributed by atoms with Crippen molar-refractivity contribution in [1.29, 1.82) is 0 Å². The molecule has 4 aliphatic rings. The number of nitrogens with one attached hydrogen (secondary N) is 2. The summed E-state index contributed by atoms with van der Waals surface area (Å²) in [5.74, 6) is 2.78. The molecule has 0 spiro atoms. The number of hydrogen-bond donors (Lipinski definition) is 5. The van der Waals surface area contributed by atoms with Gasteiger partial charge in [-0.25, -0.2) is 0 Å². The predicted octanol–water partition coefficient (Wildman–Crippen LogP) is 6.54. The van der Waals surface area contributed by atoms with Gasteiger partial charge in [0.15, 0.2) is 0 Å². The number of nitrogen functional groups attached to an aromatic ring is 1. The van der Waals surface area contributed by atoms with Crippen molar-refractivity contribution in [3.63, 3.8) is 0 Å². The smallest absolute Gasteiger partial charge is 0.255 e. The van der Waals surface area contributed by atoms with Crippen LogP contribution >= 0.6 is 0 Å². The van der Waals surface area contributed by atoms with E-state index in [2.05, 4.69) is 31.4 Å². The summed E-state index contributed by atoms with van der Waals surface area (Å²) in [5.41, 5.74) is 8.99. The fourth-order valence-corrected chi connectivity index (χ4v) is 10.6. The fourth-order valence-electron chi connectivity index (χ4n) is 10.6. The maximum absolute atomic E-state index is 12.9. The summed E-state index contributed by atoms with van der Waals surface area (Å²) in [6.45, 7) is 7.73. The first-order valence-corrected chi connectivity index (χ1v) is 17.4. The second-order valence-electron chi connectivity index (χ2n) is 15.5. The largest absolute Gasteiger partial charge is 0.397 e. The molecular weight excluding hydrogens is 562 g/mol. The SMILES string of the molecule is C[C@H](CCC(=O)NCc1ccc(C(=O)Nc2ccccc2N)cc1)[C@H]1CC[C@H]2[C@@H]3[C@@H](O)C[C@@H]4C[C@H](O)CC[C@]4(C)[C@H]3CC[C@]12C. The Bertz CT molecular complexity index is 1380. The van der Waals surface area contributed by atoms with Crippen LogP contribution in [-0.4, -0.2) is 34.2 Å². The van der Waals surface area contributed by atoms with Crippen LogP contribution < -0.4 is 16.4 Å². The zero-order valence-electron chi connectivity index (χ0n) is 27.3. The highest BCUT2D eigenvalue weighted by molar-refractivity contribution is 6.05. The van der Waals surface area contributed by atoms with Crippen LogP contribution in [0.3, 0.4) is 0 Å². The van der Waals surface area contributed by atoms with Gasteiger partial charge in [-0.2, -0.15) is 0 Å². The van der Waals surface area contributed by atoms with E-state index < -0.39 is 0 Å². The third-order valence-electron chi connectivity index (χ3n) is 13.2. The number of fused-ring (bicyclic) bond motifs is 5. The summed E-state index contributed by atoms with van der Waals surface area (Å²) < 4.78 is 0. The second kappa shape index (κ2) is 12.7. The van der Waals surface area contributed by atoms with Crippen LogP contribution in [0.2, 0.25) is 0 Å². The number of carbonyl (C=O) groups excluding carboxylic acids is 2. The van der Waals surface area contributed by atoms with E-state index in [1.807, 2.05) is 24.3 Å². The second-order valence-corrected chi connectivity index (χ2v) is 15.5. The predicted molar refractivity (Wildman–Crippen MR) is 178 cm³/mol. The lowest BCUT2D eigenvalue weighted by atomic mass is 9.43. The molecule has 10 atom stereocenters. The Hall–Kier alpha value is -2.90. The number of aliphatic hydroxyl groups excluding tert-OH is 2. The van der Waals surface area contributed by atoms with Crippen LogP contribution in [0.1, 0.15) is 101 Å². The molecular formula is C38H53N3O4. The molecule has 6 N–H and O–H groups in total. The van der Waals surface area contributed by atoms with Gasteiger partial charge in [-0.15, -0.1) is 0 Å². The molecule has 4 saturated carbocycles. The first-order valence-electron chi connectivity index (χ1n) is 17.4. The van der Waals surface area contributed by atoms with E-state index in [1.54, 1.807) is 24.3 Å². The molecule has 0 bridgehead atoms. The topological polar surface area (TPSA) is 125 Å². The number of rotatable bonds is 8. The van der Waals surface area contributed by atoms with Gasteiger partial charge in [0.2, 0.25) is 5.91 Å². The summed E-state index contributed by atoms with van der Waals surface area (Å²) in [5, 5.41) is 27.8. The van der Waals surface area contributed by atoms with Gasteiger partial charge < -0.3 is 26.6 Å². The van der Waals surface area contributed by atoms with Crippen molar-refractivity contribution in [2.75, 3.05) is 11.1 Å². The van der Waals surface area contributed by atoms with Crippen LogP contribution in [0.4, 0.5) is 11.4 Å². The number of anilines is 2. The quantitative estimate of drug-likeness (QED) is 0.216. The summed E-state index contributed by atoms with van der Waals surface area (Å²) >= 11 is 0. The molecule has 4 aliphatic carbocycles. The van der Waals surface area contributed by atoms with Crippen molar-refractivity contribution in [3.05, 3.63) is 59.7 Å². The van der Waals surface area contributed by atoms with Crippen molar-refractivity contribution < 1.29 is 19.8 Å². The number of amides is 2. The van der Waals surface area contributed by atoms with E-state index in [9.17, 15) is 19.8 Å². The minimum absolute atomic E-state index is 0.0628. The third-order valence-corrected chi connectivity index (χ3v) is 13.2. The first kappa shape index (κ1) is 32.1. The molecule has 2 aromatic carbocycles. The van der Waals surface area contributed by atoms with Crippen LogP contribution in [0, 0.1) is 46.3 Å². The van der Waals surface area contributed by atoms with Crippen LogP contribution in [0.25, 0.3) is 0 Å². The monoisotopic (exact) mass is 615 g/mol. The number of benzene rings is 2. The van der Waals surface area contributed by atoms with Gasteiger partial charge in [-0.3, -0.25) is 9.59 Å². The zero-order valence-corrected chi connectivity index (χ0v) is 27.3. The van der Waals surface area contributed by atoms with E-state index in [1.165, 1.54) is 25.7 Å². The number of carbonyl (C=O) groups is 2. The summed E-state index contributed by atoms with van der Waals surface area (Å²) in [4.78, 5) is 25.5. The molecule has 0 heterocycles. The molecule has 6 rings (SSSR count). The lowest BCUT2D eigenvalue weighted by molar-refractivity contribution is -0.174. The molecule has 4 fully saturated rings. The molecule has 0 aromatic heterocycles. The Morgan fingerprint density at radius 2 is 1.64 bits per heavy atom. The fraction of sp³-hybridized carbons (Fsp3) is 0.632. The normalized spacial score (nSPS) is 36.2. The lowest BCUT2D eigenvalue weighted by Crippen LogP contribution is -2.58. The first-order chi connectivity index (χ1) is 21.5. The maximum Gasteiger partial charge on any atom is 0.255 e. The summed E-state index contributed by atoms with van der Waals surface area (Å²) in [7, 11) is 0. The van der Waals surface area contributed by atoms with E-state index in [0.29, 0.717) is 65.4 Å². The number of para-hydroxylation sites is 2. The average molecular weight is 616 g/mol. The van der Waals surface area contributed by atoms with Crippen molar-refractivity contribution in [3.8, 4) is 0 Å². The van der Waals surface area contributed by atoms with Gasteiger partial charge in [0, 0.05) is 18.5 Å². The molecule has 0 unspecified atom stereocenters. The highest BCUT2D eigenvalue weighted by Crippen LogP contribution is 2.68. The van der Waals surface area contributed by atoms with Crippen LogP contribution in [-0.2, 0) is 11.3 Å². The Morgan fingerprint density at radius 1 is 0.933 bits per heavy atom. The van der Waals surface area contributed by atoms with Gasteiger partial charge in [-0.05, 0) is 134 Å². The van der Waals surface area contributed by atoms with E-state index >= 15 is 0 Å². The van der Waals surface area contributed by atoms with E-state index in [0.717, 1.165) is 37.7 Å². The number of hydrogen-bond acceptors (Lipinski definition) is 5. The van der Waals surface area contributed by atoms with Crippen molar-refractivity contribution in [2.45, 2.75) is 104 Å². The van der Waals surface area contributed by atoms with Gasteiger partial charge in [0.1, 0.15) is 0 Å². The van der Waals surface area contributed by atoms with Crippen molar-refractivity contribution >= 4 is 23.2 Å². The van der Waals surface area contributed by atoms with Crippen molar-refractivity contribution in [2.24, 2.45) is 46.3 Å². The molecule has 244 valence electrons.